The van der Waals surface area contributed by atoms with E-state index in [0.717, 1.165) is 36.2 Å². The Bertz CT molecular complexity index is 403. The fraction of sp³-hybridized carbons (Fsp3) is 0.588. The molecule has 19 heavy (non-hydrogen) atoms. The van der Waals surface area contributed by atoms with Gasteiger partial charge in [-0.2, -0.15) is 0 Å². The maximum atomic E-state index is 12.3. The van der Waals surface area contributed by atoms with E-state index < -0.39 is 0 Å². The van der Waals surface area contributed by atoms with Gasteiger partial charge >= 0.3 is 0 Å². The van der Waals surface area contributed by atoms with E-state index in [0.29, 0.717) is 12.5 Å². The molecule has 2 heteroatoms. The van der Waals surface area contributed by atoms with Gasteiger partial charge in [-0.25, -0.2) is 0 Å². The number of carbonyl (C=O) groups excluding carboxylic acids is 1. The molecule has 0 aliphatic carbocycles. The molecule has 106 valence electrons. The Morgan fingerprint density at radius 1 is 1.11 bits per heavy atom. The van der Waals surface area contributed by atoms with Crippen LogP contribution in [0.25, 0.3) is 0 Å². The molecule has 0 bridgehead atoms. The summed E-state index contributed by atoms with van der Waals surface area (Å²) in [6, 6.07) is 6.60. The minimum Gasteiger partial charge on any atom is -0.300 e. The topological polar surface area (TPSA) is 20.3 Å². The van der Waals surface area contributed by atoms with Gasteiger partial charge in [-0.3, -0.25) is 4.79 Å². The summed E-state index contributed by atoms with van der Waals surface area (Å²) in [6.07, 6.45) is 1.75. The molecule has 0 saturated carbocycles. The van der Waals surface area contributed by atoms with Crippen LogP contribution in [0.1, 0.15) is 55.1 Å². The van der Waals surface area contributed by atoms with Gasteiger partial charge in [0.25, 0.3) is 0 Å². The Morgan fingerprint density at radius 2 is 1.68 bits per heavy atom. The fourth-order valence-electron chi connectivity index (χ4n) is 2.44. The molecular weight excluding hydrogens is 234 g/mol. The summed E-state index contributed by atoms with van der Waals surface area (Å²) in [5.41, 5.74) is 3.19. The Hall–Kier alpha value is -1.15. The maximum Gasteiger partial charge on any atom is 0.164 e. The van der Waals surface area contributed by atoms with Crippen LogP contribution in [-0.2, 0) is 0 Å². The van der Waals surface area contributed by atoms with Gasteiger partial charge in [0.05, 0.1) is 0 Å². The first-order valence-corrected chi connectivity index (χ1v) is 7.29. The maximum absolute atomic E-state index is 12.3. The zero-order chi connectivity index (χ0) is 14.4. The van der Waals surface area contributed by atoms with E-state index in [1.54, 1.807) is 0 Å². The van der Waals surface area contributed by atoms with E-state index in [2.05, 4.69) is 31.7 Å². The molecule has 2 nitrogen and oxygen atoms in total. The van der Waals surface area contributed by atoms with Crippen LogP contribution >= 0.6 is 0 Å². The van der Waals surface area contributed by atoms with Gasteiger partial charge in [0.2, 0.25) is 0 Å². The van der Waals surface area contributed by atoms with Gasteiger partial charge in [-0.15, -0.1) is 0 Å². The molecule has 0 atom stereocenters. The molecule has 1 rings (SSSR count). The van der Waals surface area contributed by atoms with Crippen molar-refractivity contribution in [2.45, 2.75) is 53.5 Å². The van der Waals surface area contributed by atoms with Crippen molar-refractivity contribution in [1.82, 2.24) is 4.90 Å². The van der Waals surface area contributed by atoms with E-state index in [4.69, 9.17) is 0 Å². The highest BCUT2D eigenvalue weighted by atomic mass is 16.1. The lowest BCUT2D eigenvalue weighted by Crippen LogP contribution is -2.33. The second-order valence-electron chi connectivity index (χ2n) is 5.68. The van der Waals surface area contributed by atoms with Crippen LogP contribution < -0.4 is 0 Å². The lowest BCUT2D eigenvalue weighted by molar-refractivity contribution is 0.0955. The quantitative estimate of drug-likeness (QED) is 0.692. The molecule has 0 radical (unpaired) electrons. The molecule has 0 heterocycles. The molecule has 0 spiro atoms. The molecule has 0 N–H and O–H groups in total. The number of rotatable bonds is 7. The summed E-state index contributed by atoms with van der Waals surface area (Å²) in [5.74, 6) is 0.258. The largest absolute Gasteiger partial charge is 0.300 e. The highest BCUT2D eigenvalue weighted by Crippen LogP contribution is 2.12. The minimum atomic E-state index is 0.258. The summed E-state index contributed by atoms with van der Waals surface area (Å²) in [4.78, 5) is 14.6. The molecule has 0 saturated heterocycles. The van der Waals surface area contributed by atoms with Crippen molar-refractivity contribution in [3.63, 3.8) is 0 Å². The Balaban J connectivity index is 2.63. The molecule has 0 amide bonds. The molecule has 0 aromatic heterocycles. The van der Waals surface area contributed by atoms with Crippen molar-refractivity contribution in [2.75, 3.05) is 13.1 Å². The van der Waals surface area contributed by atoms with Crippen molar-refractivity contribution in [3.05, 3.63) is 34.9 Å². The third-order valence-electron chi connectivity index (χ3n) is 3.41. The van der Waals surface area contributed by atoms with Gasteiger partial charge in [-0.05, 0) is 52.8 Å². The molecule has 1 aromatic carbocycles. The van der Waals surface area contributed by atoms with Crippen LogP contribution in [0.4, 0.5) is 0 Å². The van der Waals surface area contributed by atoms with E-state index in [9.17, 15) is 4.79 Å². The second kappa shape index (κ2) is 7.44. The van der Waals surface area contributed by atoms with Crippen LogP contribution in [0.2, 0.25) is 0 Å². The van der Waals surface area contributed by atoms with Crippen molar-refractivity contribution in [1.29, 1.82) is 0 Å². The van der Waals surface area contributed by atoms with Gasteiger partial charge in [0.15, 0.2) is 5.78 Å². The van der Waals surface area contributed by atoms with Crippen LogP contribution in [0.3, 0.4) is 0 Å². The van der Waals surface area contributed by atoms with Gasteiger partial charge in [0, 0.05) is 24.6 Å². The highest BCUT2D eigenvalue weighted by molar-refractivity contribution is 5.96. The number of hydrogen-bond acceptors (Lipinski definition) is 2. The van der Waals surface area contributed by atoms with Gasteiger partial charge < -0.3 is 4.90 Å². The van der Waals surface area contributed by atoms with E-state index >= 15 is 0 Å². The van der Waals surface area contributed by atoms with Crippen LogP contribution in [0.5, 0.6) is 0 Å². The number of benzene rings is 1. The smallest absolute Gasteiger partial charge is 0.164 e. The predicted octanol–water partition coefficient (Wildman–Crippen LogP) is 4.00. The normalized spacial score (nSPS) is 11.3. The predicted molar refractivity (Wildman–Crippen MR) is 81.9 cm³/mol. The Labute approximate surface area is 117 Å². The van der Waals surface area contributed by atoms with Crippen LogP contribution in [0, 0.1) is 13.8 Å². The van der Waals surface area contributed by atoms with Crippen molar-refractivity contribution in [2.24, 2.45) is 0 Å². The van der Waals surface area contributed by atoms with Crippen LogP contribution in [-0.4, -0.2) is 29.8 Å². The minimum absolute atomic E-state index is 0.258. The standard InChI is InChI=1S/C17H27NO/c1-6-8-18(13(2)3)9-7-17(19)16-11-14(4)10-15(5)12-16/h10-13H,6-9H2,1-5H3. The average molecular weight is 261 g/mol. The number of ketones is 1. The molecule has 0 aliphatic heterocycles. The van der Waals surface area contributed by atoms with Crippen molar-refractivity contribution in [3.8, 4) is 0 Å². The SMILES string of the molecule is CCCN(CCC(=O)c1cc(C)cc(C)c1)C(C)C. The van der Waals surface area contributed by atoms with E-state index in [1.807, 2.05) is 26.0 Å². The molecule has 0 unspecified atom stereocenters. The summed E-state index contributed by atoms with van der Waals surface area (Å²) >= 11 is 0. The third kappa shape index (κ3) is 5.15. The Morgan fingerprint density at radius 3 is 2.16 bits per heavy atom. The highest BCUT2D eigenvalue weighted by Gasteiger charge is 2.12. The summed E-state index contributed by atoms with van der Waals surface area (Å²) < 4.78 is 0. The molecule has 1 aromatic rings. The summed E-state index contributed by atoms with van der Waals surface area (Å²) in [7, 11) is 0. The number of carbonyl (C=O) groups is 1. The second-order valence-corrected chi connectivity index (χ2v) is 5.68. The van der Waals surface area contributed by atoms with Gasteiger partial charge in [-0.1, -0.05) is 24.1 Å². The summed E-state index contributed by atoms with van der Waals surface area (Å²) in [6.45, 7) is 12.6. The molecular formula is C17H27NO. The van der Waals surface area contributed by atoms with Crippen molar-refractivity contribution >= 4 is 5.78 Å². The fourth-order valence-corrected chi connectivity index (χ4v) is 2.44. The average Bonchev–Trinajstić information content (AvgIpc) is 2.32. The zero-order valence-electron chi connectivity index (χ0n) is 13.0. The zero-order valence-corrected chi connectivity index (χ0v) is 13.0. The van der Waals surface area contributed by atoms with E-state index in [1.165, 1.54) is 0 Å². The summed E-state index contributed by atoms with van der Waals surface area (Å²) in [5, 5.41) is 0. The number of hydrogen-bond donors (Lipinski definition) is 0. The van der Waals surface area contributed by atoms with Gasteiger partial charge in [0.1, 0.15) is 0 Å². The molecule has 0 aliphatic rings. The first-order valence-electron chi connectivity index (χ1n) is 7.29. The lowest BCUT2D eigenvalue weighted by atomic mass is 10.0. The number of nitrogens with zero attached hydrogens (tertiary/aromatic N) is 1. The van der Waals surface area contributed by atoms with Crippen molar-refractivity contribution < 1.29 is 4.79 Å². The lowest BCUT2D eigenvalue weighted by Gasteiger charge is -2.25. The first-order chi connectivity index (χ1) is 8.93. The first kappa shape index (κ1) is 15.9. The monoisotopic (exact) mass is 261 g/mol. The Kier molecular flexibility index (Phi) is 6.23. The van der Waals surface area contributed by atoms with E-state index in [-0.39, 0.29) is 5.78 Å². The number of aryl methyl sites for hydroxylation is 2. The number of Topliss-reactive ketones (excluding diaryl/α,β-unsaturated/α-hetero) is 1. The third-order valence-corrected chi connectivity index (χ3v) is 3.41. The molecule has 0 fully saturated rings. The van der Waals surface area contributed by atoms with Crippen LogP contribution in [0.15, 0.2) is 18.2 Å².